The Morgan fingerprint density at radius 2 is 1.74 bits per heavy atom. The molecule has 0 spiro atoms. The molecule has 27 heavy (non-hydrogen) atoms. The Labute approximate surface area is 163 Å². The first-order valence-corrected chi connectivity index (χ1v) is 10.1. The number of ketones is 1. The molecule has 2 aromatic carbocycles. The highest BCUT2D eigenvalue weighted by molar-refractivity contribution is 7.92. The van der Waals surface area contributed by atoms with E-state index in [4.69, 9.17) is 16.3 Å². The molecule has 0 atom stereocenters. The van der Waals surface area contributed by atoms with Gasteiger partial charge in [-0.1, -0.05) is 29.8 Å². The first-order chi connectivity index (χ1) is 12.7. The lowest BCUT2D eigenvalue weighted by molar-refractivity contribution is -0.136. The highest BCUT2D eigenvalue weighted by Crippen LogP contribution is 2.17. The summed E-state index contributed by atoms with van der Waals surface area (Å²) in [5, 5.41) is 0.497. The van der Waals surface area contributed by atoms with Crippen molar-refractivity contribution in [3.8, 4) is 0 Å². The molecule has 0 N–H and O–H groups in total. The summed E-state index contributed by atoms with van der Waals surface area (Å²) in [5.41, 5.74) is 1.39. The van der Waals surface area contributed by atoms with Gasteiger partial charge in [0.2, 0.25) is 10.0 Å². The molecule has 0 aromatic heterocycles. The third-order valence-electron chi connectivity index (χ3n) is 3.70. The molecule has 0 radical (unpaired) electrons. The van der Waals surface area contributed by atoms with E-state index in [-0.39, 0.29) is 0 Å². The molecule has 6 nitrogen and oxygen atoms in total. The van der Waals surface area contributed by atoms with Gasteiger partial charge in [-0.05, 0) is 42.0 Å². The van der Waals surface area contributed by atoms with Crippen LogP contribution in [0, 0.1) is 0 Å². The normalized spacial score (nSPS) is 11.4. The average molecular weight is 408 g/mol. The van der Waals surface area contributed by atoms with Crippen molar-refractivity contribution in [1.29, 1.82) is 0 Å². The number of Topliss-reactive ketones (excluding diaryl/α,β-unsaturated/α-hetero) is 1. The van der Waals surface area contributed by atoms with Crippen LogP contribution in [0.3, 0.4) is 0 Å². The Kier molecular flexibility index (Phi) is 6.76. The minimum atomic E-state index is -3.38. The van der Waals surface area contributed by atoms with E-state index >= 15 is 0 Å². The van der Waals surface area contributed by atoms with Crippen LogP contribution in [0.5, 0.6) is 0 Å². The SMILES string of the molecule is CN(c1ccc(C(=O)COC(=O)/C=C/c2ccccc2Cl)cc1)S(C)(=O)=O. The number of hydrogen-bond donors (Lipinski definition) is 0. The van der Waals surface area contributed by atoms with Crippen molar-refractivity contribution in [1.82, 2.24) is 0 Å². The minimum Gasteiger partial charge on any atom is -0.454 e. The number of ether oxygens (including phenoxy) is 1. The Balaban J connectivity index is 1.93. The van der Waals surface area contributed by atoms with Crippen LogP contribution >= 0.6 is 11.6 Å². The Morgan fingerprint density at radius 3 is 2.33 bits per heavy atom. The second-order valence-corrected chi connectivity index (χ2v) is 8.08. The number of rotatable bonds is 7. The second kappa shape index (κ2) is 8.83. The van der Waals surface area contributed by atoms with Gasteiger partial charge in [-0.15, -0.1) is 0 Å². The van der Waals surface area contributed by atoms with Gasteiger partial charge in [-0.2, -0.15) is 0 Å². The molecule has 2 aromatic rings. The second-order valence-electron chi connectivity index (χ2n) is 5.66. The van der Waals surface area contributed by atoms with Crippen molar-refractivity contribution in [2.75, 3.05) is 24.2 Å². The average Bonchev–Trinajstić information content (AvgIpc) is 2.64. The van der Waals surface area contributed by atoms with Crippen molar-refractivity contribution in [2.24, 2.45) is 0 Å². The molecule has 0 amide bonds. The number of nitrogens with zero attached hydrogens (tertiary/aromatic N) is 1. The summed E-state index contributed by atoms with van der Waals surface area (Å²) in [6.45, 7) is -0.424. The molecule has 8 heteroatoms. The van der Waals surface area contributed by atoms with Gasteiger partial charge < -0.3 is 4.74 Å². The van der Waals surface area contributed by atoms with Crippen LogP contribution in [0.1, 0.15) is 15.9 Å². The lowest BCUT2D eigenvalue weighted by atomic mass is 10.1. The van der Waals surface area contributed by atoms with Crippen LogP contribution in [0.25, 0.3) is 6.08 Å². The van der Waals surface area contributed by atoms with Gasteiger partial charge in [0.1, 0.15) is 0 Å². The van der Waals surface area contributed by atoms with Crippen LogP contribution in [-0.2, 0) is 19.6 Å². The zero-order valence-electron chi connectivity index (χ0n) is 14.8. The molecule has 0 saturated heterocycles. The molecule has 0 heterocycles. The smallest absolute Gasteiger partial charge is 0.331 e. The van der Waals surface area contributed by atoms with Crippen molar-refractivity contribution >= 4 is 45.1 Å². The molecule has 0 aliphatic rings. The highest BCUT2D eigenvalue weighted by Gasteiger charge is 2.13. The maximum atomic E-state index is 12.1. The van der Waals surface area contributed by atoms with Crippen LogP contribution < -0.4 is 4.31 Å². The zero-order chi connectivity index (χ0) is 20.0. The molecule has 142 valence electrons. The molecule has 0 aliphatic heterocycles. The molecule has 2 rings (SSSR count). The summed E-state index contributed by atoms with van der Waals surface area (Å²) in [4.78, 5) is 23.8. The summed E-state index contributed by atoms with van der Waals surface area (Å²) in [6.07, 6.45) is 3.78. The summed E-state index contributed by atoms with van der Waals surface area (Å²) < 4.78 is 29.0. The van der Waals surface area contributed by atoms with E-state index in [0.29, 0.717) is 21.8 Å². The number of anilines is 1. The van der Waals surface area contributed by atoms with Crippen LogP contribution in [0.4, 0.5) is 5.69 Å². The van der Waals surface area contributed by atoms with Crippen molar-refractivity contribution in [2.45, 2.75) is 0 Å². The predicted molar refractivity (Wildman–Crippen MR) is 105 cm³/mol. The standard InChI is InChI=1S/C19H18ClNO5S/c1-21(27(2,24)25)16-10-7-15(8-11-16)18(22)13-26-19(23)12-9-14-5-3-4-6-17(14)20/h3-12H,13H2,1-2H3/b12-9+. The summed E-state index contributed by atoms with van der Waals surface area (Å²) >= 11 is 5.98. The van der Waals surface area contributed by atoms with Crippen molar-refractivity contribution < 1.29 is 22.7 Å². The summed E-state index contributed by atoms with van der Waals surface area (Å²) in [7, 11) is -1.96. The first kappa shape index (κ1) is 20.7. The van der Waals surface area contributed by atoms with Crippen LogP contribution in [-0.4, -0.2) is 40.1 Å². The van der Waals surface area contributed by atoms with Gasteiger partial charge in [-0.3, -0.25) is 9.10 Å². The lowest BCUT2D eigenvalue weighted by Crippen LogP contribution is -2.24. The number of carbonyl (C=O) groups is 2. The van der Waals surface area contributed by atoms with E-state index in [0.717, 1.165) is 10.6 Å². The monoisotopic (exact) mass is 407 g/mol. The van der Waals surface area contributed by atoms with Crippen LogP contribution in [0.2, 0.25) is 5.02 Å². The minimum absolute atomic E-state index is 0.309. The molecule has 0 saturated carbocycles. The van der Waals surface area contributed by atoms with E-state index in [2.05, 4.69) is 0 Å². The fourth-order valence-corrected chi connectivity index (χ4v) is 2.79. The van der Waals surface area contributed by atoms with Gasteiger partial charge in [-0.25, -0.2) is 13.2 Å². The number of halogens is 1. The quantitative estimate of drug-likeness (QED) is 0.400. The maximum absolute atomic E-state index is 12.1. The molecular formula is C19H18ClNO5S. The number of hydrogen-bond acceptors (Lipinski definition) is 5. The maximum Gasteiger partial charge on any atom is 0.331 e. The Morgan fingerprint density at radius 1 is 1.11 bits per heavy atom. The van der Waals surface area contributed by atoms with Gasteiger partial charge in [0.25, 0.3) is 0 Å². The van der Waals surface area contributed by atoms with E-state index < -0.39 is 28.4 Å². The lowest BCUT2D eigenvalue weighted by Gasteiger charge is -2.16. The molecule has 0 fully saturated rings. The molecule has 0 bridgehead atoms. The summed E-state index contributed by atoms with van der Waals surface area (Å²) in [5.74, 6) is -1.07. The van der Waals surface area contributed by atoms with E-state index in [1.165, 1.54) is 43.5 Å². The number of esters is 1. The van der Waals surface area contributed by atoms with Gasteiger partial charge in [0.15, 0.2) is 12.4 Å². The number of sulfonamides is 1. The Bertz CT molecular complexity index is 968. The fraction of sp³-hybridized carbons (Fsp3) is 0.158. The topological polar surface area (TPSA) is 80.8 Å². The third kappa shape index (κ3) is 5.94. The van der Waals surface area contributed by atoms with E-state index in [1.807, 2.05) is 0 Å². The number of carbonyl (C=O) groups excluding carboxylic acids is 2. The first-order valence-electron chi connectivity index (χ1n) is 7.85. The van der Waals surface area contributed by atoms with Crippen molar-refractivity contribution in [3.63, 3.8) is 0 Å². The van der Waals surface area contributed by atoms with Gasteiger partial charge in [0, 0.05) is 23.7 Å². The third-order valence-corrected chi connectivity index (χ3v) is 5.25. The number of benzene rings is 2. The highest BCUT2D eigenvalue weighted by atomic mass is 35.5. The predicted octanol–water partition coefficient (Wildman–Crippen LogP) is 3.18. The molecule has 0 unspecified atom stereocenters. The zero-order valence-corrected chi connectivity index (χ0v) is 16.3. The fourth-order valence-electron chi connectivity index (χ4n) is 2.08. The van der Waals surface area contributed by atoms with E-state index in [9.17, 15) is 18.0 Å². The van der Waals surface area contributed by atoms with Gasteiger partial charge in [0.05, 0.1) is 11.9 Å². The molecular weight excluding hydrogens is 390 g/mol. The molecule has 0 aliphatic carbocycles. The summed E-state index contributed by atoms with van der Waals surface area (Å²) in [6, 6.07) is 13.0. The van der Waals surface area contributed by atoms with E-state index in [1.54, 1.807) is 24.3 Å². The van der Waals surface area contributed by atoms with Gasteiger partial charge >= 0.3 is 5.97 Å². The van der Waals surface area contributed by atoms with Crippen molar-refractivity contribution in [3.05, 3.63) is 70.8 Å². The largest absolute Gasteiger partial charge is 0.454 e. The Hall–Kier alpha value is -2.64. The van der Waals surface area contributed by atoms with Crippen LogP contribution in [0.15, 0.2) is 54.6 Å².